The van der Waals surface area contributed by atoms with E-state index >= 15 is 0 Å². The van der Waals surface area contributed by atoms with E-state index in [1.807, 2.05) is 13.8 Å². The molecule has 0 aliphatic heterocycles. The second kappa shape index (κ2) is 8.20. The highest BCUT2D eigenvalue weighted by Crippen LogP contribution is 2.45. The first-order valence-electron chi connectivity index (χ1n) is 7.52. The number of ether oxygens (including phenoxy) is 1. The third kappa shape index (κ3) is 4.53. The molecule has 0 atom stereocenters. The van der Waals surface area contributed by atoms with Crippen LogP contribution in [0.2, 0.25) is 5.02 Å². The fraction of sp³-hybridized carbons (Fsp3) is 0.235. The molecule has 2 rings (SSSR count). The fourth-order valence-corrected chi connectivity index (χ4v) is 3.52. The number of amides is 1. The van der Waals surface area contributed by atoms with Gasteiger partial charge < -0.3 is 20.3 Å². The van der Waals surface area contributed by atoms with Crippen molar-refractivity contribution in [3.63, 3.8) is 0 Å². The molecule has 138 valence electrons. The molecule has 1 amide bonds. The number of hydrogen-bond donors (Lipinski definition) is 3. The number of carboxylic acids is 2. The molecule has 0 saturated heterocycles. The molecular weight excluding hydrogens is 382 g/mol. The maximum absolute atomic E-state index is 12.0. The van der Waals surface area contributed by atoms with E-state index in [0.29, 0.717) is 16.0 Å². The van der Waals surface area contributed by atoms with Crippen molar-refractivity contribution in [3.8, 4) is 16.2 Å². The Kier molecular flexibility index (Phi) is 6.23. The Labute approximate surface area is 158 Å². The van der Waals surface area contributed by atoms with Gasteiger partial charge in [-0.25, -0.2) is 9.59 Å². The van der Waals surface area contributed by atoms with Gasteiger partial charge in [-0.05, 0) is 31.5 Å². The third-order valence-electron chi connectivity index (χ3n) is 3.17. The van der Waals surface area contributed by atoms with Crippen LogP contribution in [0, 0.1) is 0 Å². The van der Waals surface area contributed by atoms with Crippen LogP contribution in [0.15, 0.2) is 24.3 Å². The van der Waals surface area contributed by atoms with Gasteiger partial charge in [0.1, 0.15) is 5.02 Å². The number of aliphatic carboxylic acids is 1. The molecule has 7 nitrogen and oxygen atoms in total. The molecule has 0 aliphatic rings. The zero-order valence-electron chi connectivity index (χ0n) is 13.9. The van der Waals surface area contributed by atoms with Crippen molar-refractivity contribution in [2.75, 3.05) is 6.61 Å². The smallest absolute Gasteiger partial charge is 0.349 e. The minimum absolute atomic E-state index is 0.000911. The van der Waals surface area contributed by atoms with Crippen molar-refractivity contribution >= 4 is 40.8 Å². The largest absolute Gasteiger partial charge is 0.479 e. The van der Waals surface area contributed by atoms with Crippen LogP contribution in [0.5, 0.6) is 5.75 Å². The van der Waals surface area contributed by atoms with Gasteiger partial charge in [0.15, 0.2) is 17.2 Å². The summed E-state index contributed by atoms with van der Waals surface area (Å²) in [6, 6.07) is 6.47. The number of carbonyl (C=O) groups is 3. The first-order valence-corrected chi connectivity index (χ1v) is 8.71. The number of hydrogen-bond acceptors (Lipinski definition) is 5. The molecule has 0 aliphatic carbocycles. The minimum Gasteiger partial charge on any atom is -0.479 e. The molecule has 1 aromatic heterocycles. The number of thiophene rings is 1. The van der Waals surface area contributed by atoms with Gasteiger partial charge in [-0.2, -0.15) is 0 Å². The summed E-state index contributed by atoms with van der Waals surface area (Å²) in [4.78, 5) is 34.3. The van der Waals surface area contributed by atoms with Crippen molar-refractivity contribution in [2.45, 2.75) is 19.9 Å². The Bertz CT molecular complexity index is 844. The van der Waals surface area contributed by atoms with Crippen molar-refractivity contribution in [3.05, 3.63) is 39.7 Å². The molecular formula is C17H16ClNO6S. The Morgan fingerprint density at radius 3 is 2.31 bits per heavy atom. The zero-order chi connectivity index (χ0) is 19.4. The number of benzene rings is 1. The predicted molar refractivity (Wildman–Crippen MR) is 97.5 cm³/mol. The molecule has 1 heterocycles. The molecule has 26 heavy (non-hydrogen) atoms. The number of carbonyl (C=O) groups excluding carboxylic acids is 1. The summed E-state index contributed by atoms with van der Waals surface area (Å²) >= 11 is 7.09. The normalized spacial score (nSPS) is 10.6. The first-order chi connectivity index (χ1) is 12.2. The van der Waals surface area contributed by atoms with Crippen molar-refractivity contribution < 1.29 is 29.3 Å². The van der Waals surface area contributed by atoms with Crippen molar-refractivity contribution in [1.29, 1.82) is 0 Å². The molecule has 0 bridgehead atoms. The zero-order valence-corrected chi connectivity index (χ0v) is 15.5. The quantitative estimate of drug-likeness (QED) is 0.660. The van der Waals surface area contributed by atoms with E-state index < -0.39 is 18.5 Å². The molecule has 0 saturated carbocycles. The fourth-order valence-electron chi connectivity index (χ4n) is 2.10. The van der Waals surface area contributed by atoms with Crippen LogP contribution in [0.3, 0.4) is 0 Å². The predicted octanol–water partition coefficient (Wildman–Crippen LogP) is 3.37. The number of nitrogens with one attached hydrogen (secondary N) is 1. The van der Waals surface area contributed by atoms with Gasteiger partial charge in [-0.15, -0.1) is 11.3 Å². The van der Waals surface area contributed by atoms with Crippen molar-refractivity contribution in [1.82, 2.24) is 5.32 Å². The number of halogens is 1. The minimum atomic E-state index is -1.27. The SMILES string of the molecule is CC(C)NC(=O)c1ccc(-c2sc(C(=O)O)c(OCC(=O)O)c2Cl)cc1. The summed E-state index contributed by atoms with van der Waals surface area (Å²) in [5.41, 5.74) is 1.05. The van der Waals surface area contributed by atoms with Crippen molar-refractivity contribution in [2.24, 2.45) is 0 Å². The molecule has 0 spiro atoms. The van der Waals surface area contributed by atoms with Gasteiger partial charge in [0.25, 0.3) is 5.91 Å². The van der Waals surface area contributed by atoms with E-state index in [0.717, 1.165) is 11.3 Å². The molecule has 0 fully saturated rings. The average molecular weight is 398 g/mol. The maximum Gasteiger partial charge on any atom is 0.349 e. The highest BCUT2D eigenvalue weighted by atomic mass is 35.5. The number of rotatable bonds is 7. The summed E-state index contributed by atoms with van der Waals surface area (Å²) in [6.07, 6.45) is 0. The van der Waals surface area contributed by atoms with Gasteiger partial charge in [-0.3, -0.25) is 4.79 Å². The molecule has 0 radical (unpaired) electrons. The maximum atomic E-state index is 12.0. The van der Waals surface area contributed by atoms with Crippen LogP contribution in [0.1, 0.15) is 33.9 Å². The van der Waals surface area contributed by atoms with Crippen LogP contribution >= 0.6 is 22.9 Å². The summed E-state index contributed by atoms with van der Waals surface area (Å²) in [6.45, 7) is 3.00. The Balaban J connectivity index is 2.36. The van der Waals surface area contributed by atoms with Gasteiger partial charge in [0.2, 0.25) is 0 Å². The second-order valence-corrected chi connectivity index (χ2v) is 7.00. The second-order valence-electron chi connectivity index (χ2n) is 5.60. The van der Waals surface area contributed by atoms with Gasteiger partial charge in [-0.1, -0.05) is 23.7 Å². The van der Waals surface area contributed by atoms with Crippen LogP contribution in [-0.2, 0) is 4.79 Å². The van der Waals surface area contributed by atoms with E-state index in [4.69, 9.17) is 21.4 Å². The van der Waals surface area contributed by atoms with Crippen LogP contribution in [0.25, 0.3) is 10.4 Å². The standard InChI is InChI=1S/C17H16ClNO6S/c1-8(2)19-16(22)10-5-3-9(4-6-10)14-12(18)13(25-7-11(20)21)15(26-14)17(23)24/h3-6,8H,7H2,1-2H3,(H,19,22)(H,20,21)(H,23,24). The number of aromatic carboxylic acids is 1. The van der Waals surface area contributed by atoms with E-state index in [-0.39, 0.29) is 27.6 Å². The van der Waals surface area contributed by atoms with Gasteiger partial charge in [0, 0.05) is 11.6 Å². The lowest BCUT2D eigenvalue weighted by Gasteiger charge is -2.08. The molecule has 0 unspecified atom stereocenters. The van der Waals surface area contributed by atoms with Gasteiger partial charge >= 0.3 is 11.9 Å². The van der Waals surface area contributed by atoms with Gasteiger partial charge in [0.05, 0.1) is 4.88 Å². The van der Waals surface area contributed by atoms with E-state index in [9.17, 15) is 19.5 Å². The molecule has 9 heteroatoms. The summed E-state index contributed by atoms with van der Waals surface area (Å²) < 4.78 is 5.03. The molecule has 2 aromatic rings. The Morgan fingerprint density at radius 2 is 1.81 bits per heavy atom. The highest BCUT2D eigenvalue weighted by molar-refractivity contribution is 7.18. The topological polar surface area (TPSA) is 113 Å². The molecule has 3 N–H and O–H groups in total. The van der Waals surface area contributed by atoms with Crippen LogP contribution in [-0.4, -0.2) is 40.7 Å². The summed E-state index contributed by atoms with van der Waals surface area (Å²) in [5.74, 6) is -2.91. The molecule has 1 aromatic carbocycles. The van der Waals surface area contributed by atoms with E-state index in [2.05, 4.69) is 5.32 Å². The lowest BCUT2D eigenvalue weighted by Crippen LogP contribution is -2.29. The number of carboxylic acid groups (broad SMARTS) is 2. The van der Waals surface area contributed by atoms with Crippen LogP contribution in [0.4, 0.5) is 0 Å². The monoisotopic (exact) mass is 397 g/mol. The average Bonchev–Trinajstić information content (AvgIpc) is 2.89. The van der Waals surface area contributed by atoms with E-state index in [1.54, 1.807) is 24.3 Å². The highest BCUT2D eigenvalue weighted by Gasteiger charge is 2.24. The Morgan fingerprint density at radius 1 is 1.19 bits per heavy atom. The summed E-state index contributed by atoms with van der Waals surface area (Å²) in [5, 5.41) is 20.8. The lowest BCUT2D eigenvalue weighted by molar-refractivity contribution is -0.139. The Hall–Kier alpha value is -2.58. The van der Waals surface area contributed by atoms with E-state index in [1.165, 1.54) is 0 Å². The summed E-state index contributed by atoms with van der Waals surface area (Å²) in [7, 11) is 0. The van der Waals surface area contributed by atoms with Crippen LogP contribution < -0.4 is 10.1 Å². The first kappa shape index (κ1) is 19.7. The lowest BCUT2D eigenvalue weighted by atomic mass is 10.1. The third-order valence-corrected chi connectivity index (χ3v) is 4.85.